The summed E-state index contributed by atoms with van der Waals surface area (Å²) in [5, 5.41) is 0. The van der Waals surface area contributed by atoms with Gasteiger partial charge in [0.1, 0.15) is 5.78 Å². The van der Waals surface area contributed by atoms with E-state index in [4.69, 9.17) is 4.74 Å². The van der Waals surface area contributed by atoms with Crippen molar-refractivity contribution < 1.29 is 9.53 Å². The number of ether oxygens (including phenoxy) is 1. The second-order valence-corrected chi connectivity index (χ2v) is 3.63. The van der Waals surface area contributed by atoms with Crippen LogP contribution in [0, 0.1) is 5.41 Å². The van der Waals surface area contributed by atoms with Gasteiger partial charge in [0.05, 0.1) is 12.7 Å². The van der Waals surface area contributed by atoms with Gasteiger partial charge < -0.3 is 4.74 Å². The molecular weight excluding hydrogens is 128 g/mol. The van der Waals surface area contributed by atoms with Gasteiger partial charge in [0.15, 0.2) is 0 Å². The minimum atomic E-state index is -0.244. The lowest BCUT2D eigenvalue weighted by Gasteiger charge is -2.31. The topological polar surface area (TPSA) is 26.3 Å². The summed E-state index contributed by atoms with van der Waals surface area (Å²) < 4.78 is 5.34. The molecule has 1 atom stereocenters. The third kappa shape index (κ3) is 1.37. The van der Waals surface area contributed by atoms with Crippen molar-refractivity contribution in [1.82, 2.24) is 0 Å². The fourth-order valence-corrected chi connectivity index (χ4v) is 1.03. The summed E-state index contributed by atoms with van der Waals surface area (Å²) in [5.41, 5.74) is -0.244. The van der Waals surface area contributed by atoms with Crippen molar-refractivity contribution in [3.63, 3.8) is 0 Å². The van der Waals surface area contributed by atoms with Crippen LogP contribution in [0.1, 0.15) is 27.2 Å². The van der Waals surface area contributed by atoms with Crippen molar-refractivity contribution >= 4 is 5.78 Å². The normalized spacial score (nSPS) is 32.3. The van der Waals surface area contributed by atoms with Crippen LogP contribution in [-0.4, -0.2) is 18.5 Å². The van der Waals surface area contributed by atoms with Gasteiger partial charge in [0, 0.05) is 11.8 Å². The number of ketones is 1. The molecule has 0 aromatic carbocycles. The number of rotatable bonds is 0. The van der Waals surface area contributed by atoms with Gasteiger partial charge in [0.2, 0.25) is 0 Å². The molecule has 0 aromatic rings. The van der Waals surface area contributed by atoms with E-state index < -0.39 is 0 Å². The van der Waals surface area contributed by atoms with Crippen molar-refractivity contribution in [3.05, 3.63) is 0 Å². The monoisotopic (exact) mass is 142 g/mol. The van der Waals surface area contributed by atoms with Gasteiger partial charge in [-0.2, -0.15) is 0 Å². The standard InChI is InChI=1S/C8H14O2/c1-6-4-7(9)8(2,3)5-10-6/h6H,4-5H2,1-3H3. The summed E-state index contributed by atoms with van der Waals surface area (Å²) in [6.45, 7) is 6.38. The Bertz CT molecular complexity index is 149. The Morgan fingerprint density at radius 3 is 2.60 bits per heavy atom. The fourth-order valence-electron chi connectivity index (χ4n) is 1.03. The molecule has 10 heavy (non-hydrogen) atoms. The largest absolute Gasteiger partial charge is 0.377 e. The van der Waals surface area contributed by atoms with Gasteiger partial charge in [-0.25, -0.2) is 0 Å². The molecule has 1 saturated heterocycles. The summed E-state index contributed by atoms with van der Waals surface area (Å²) in [6.07, 6.45) is 0.702. The highest BCUT2D eigenvalue weighted by Gasteiger charge is 2.33. The first-order valence-electron chi connectivity index (χ1n) is 3.67. The molecule has 1 fully saturated rings. The van der Waals surface area contributed by atoms with Crippen LogP contribution in [0.15, 0.2) is 0 Å². The number of carbonyl (C=O) groups excluding carboxylic acids is 1. The molecule has 0 aromatic heterocycles. The molecule has 0 spiro atoms. The van der Waals surface area contributed by atoms with Crippen LogP contribution in [0.3, 0.4) is 0 Å². The molecule has 2 nitrogen and oxygen atoms in total. The zero-order valence-corrected chi connectivity index (χ0v) is 6.81. The van der Waals surface area contributed by atoms with E-state index in [1.807, 2.05) is 20.8 Å². The molecule has 1 rings (SSSR count). The van der Waals surface area contributed by atoms with Crippen LogP contribution in [-0.2, 0) is 9.53 Å². The first-order valence-corrected chi connectivity index (χ1v) is 3.67. The van der Waals surface area contributed by atoms with E-state index in [2.05, 4.69) is 0 Å². The van der Waals surface area contributed by atoms with Crippen LogP contribution in [0.2, 0.25) is 0 Å². The van der Waals surface area contributed by atoms with Gasteiger partial charge in [-0.15, -0.1) is 0 Å². The van der Waals surface area contributed by atoms with Crippen LogP contribution < -0.4 is 0 Å². The fraction of sp³-hybridized carbons (Fsp3) is 0.875. The second kappa shape index (κ2) is 2.35. The highest BCUT2D eigenvalue weighted by atomic mass is 16.5. The van der Waals surface area contributed by atoms with Crippen LogP contribution >= 0.6 is 0 Å². The van der Waals surface area contributed by atoms with Crippen LogP contribution in [0.4, 0.5) is 0 Å². The minimum Gasteiger partial charge on any atom is -0.377 e. The van der Waals surface area contributed by atoms with E-state index in [1.165, 1.54) is 0 Å². The lowest BCUT2D eigenvalue weighted by Crippen LogP contribution is -2.38. The van der Waals surface area contributed by atoms with Gasteiger partial charge in [-0.1, -0.05) is 13.8 Å². The number of hydrogen-bond donors (Lipinski definition) is 0. The average molecular weight is 142 g/mol. The lowest BCUT2D eigenvalue weighted by atomic mass is 9.84. The van der Waals surface area contributed by atoms with E-state index in [1.54, 1.807) is 0 Å². The summed E-state index contributed by atoms with van der Waals surface area (Å²) >= 11 is 0. The molecule has 1 aliphatic heterocycles. The van der Waals surface area contributed by atoms with Crippen LogP contribution in [0.5, 0.6) is 0 Å². The van der Waals surface area contributed by atoms with Gasteiger partial charge in [-0.3, -0.25) is 4.79 Å². The van der Waals surface area contributed by atoms with Crippen molar-refractivity contribution in [1.29, 1.82) is 0 Å². The Morgan fingerprint density at radius 1 is 1.60 bits per heavy atom. The van der Waals surface area contributed by atoms with E-state index >= 15 is 0 Å². The summed E-state index contributed by atoms with van der Waals surface area (Å²) in [7, 11) is 0. The smallest absolute Gasteiger partial charge is 0.143 e. The van der Waals surface area contributed by atoms with E-state index in [0.29, 0.717) is 18.8 Å². The van der Waals surface area contributed by atoms with Crippen LogP contribution in [0.25, 0.3) is 0 Å². The zero-order valence-electron chi connectivity index (χ0n) is 6.81. The van der Waals surface area contributed by atoms with E-state index in [0.717, 1.165) is 0 Å². The molecule has 2 heteroatoms. The molecule has 1 unspecified atom stereocenters. The van der Waals surface area contributed by atoms with Crippen molar-refractivity contribution in [2.24, 2.45) is 5.41 Å². The SMILES string of the molecule is CC1CC(=O)C(C)(C)CO1. The van der Waals surface area contributed by atoms with Crippen molar-refractivity contribution in [2.45, 2.75) is 33.3 Å². The molecule has 0 radical (unpaired) electrons. The third-order valence-corrected chi connectivity index (χ3v) is 1.96. The predicted octanol–water partition coefficient (Wildman–Crippen LogP) is 1.39. The third-order valence-electron chi connectivity index (χ3n) is 1.96. The second-order valence-electron chi connectivity index (χ2n) is 3.63. The summed E-state index contributed by atoms with van der Waals surface area (Å²) in [6, 6.07) is 0. The number of carbonyl (C=O) groups is 1. The molecule has 0 saturated carbocycles. The predicted molar refractivity (Wildman–Crippen MR) is 38.8 cm³/mol. The number of hydrogen-bond acceptors (Lipinski definition) is 2. The quantitative estimate of drug-likeness (QED) is 0.511. The van der Waals surface area contributed by atoms with Gasteiger partial charge >= 0.3 is 0 Å². The molecule has 0 amide bonds. The average Bonchev–Trinajstić information content (AvgIpc) is 1.81. The Balaban J connectivity index is 2.61. The maximum absolute atomic E-state index is 11.2. The zero-order chi connectivity index (χ0) is 7.78. The van der Waals surface area contributed by atoms with E-state index in [-0.39, 0.29) is 11.5 Å². The Labute approximate surface area is 61.6 Å². The maximum atomic E-state index is 11.2. The number of Topliss-reactive ketones (excluding diaryl/α,β-unsaturated/α-hetero) is 1. The molecule has 1 aliphatic rings. The molecule has 0 aliphatic carbocycles. The highest BCUT2D eigenvalue weighted by molar-refractivity contribution is 5.85. The maximum Gasteiger partial charge on any atom is 0.143 e. The summed E-state index contributed by atoms with van der Waals surface area (Å²) in [4.78, 5) is 11.2. The van der Waals surface area contributed by atoms with E-state index in [9.17, 15) is 4.79 Å². The highest BCUT2D eigenvalue weighted by Crippen LogP contribution is 2.25. The van der Waals surface area contributed by atoms with Crippen molar-refractivity contribution in [2.75, 3.05) is 6.61 Å². The Hall–Kier alpha value is -0.370. The lowest BCUT2D eigenvalue weighted by molar-refractivity contribution is -0.142. The van der Waals surface area contributed by atoms with Gasteiger partial charge in [0.25, 0.3) is 0 Å². The molecule has 58 valence electrons. The molecule has 1 heterocycles. The Morgan fingerprint density at radius 2 is 2.20 bits per heavy atom. The minimum absolute atomic E-state index is 0.125. The first-order chi connectivity index (χ1) is 4.52. The summed E-state index contributed by atoms with van der Waals surface area (Å²) in [5.74, 6) is 0.325. The molecular formula is C8H14O2. The molecule has 0 N–H and O–H groups in total. The molecule has 0 bridgehead atoms. The van der Waals surface area contributed by atoms with Gasteiger partial charge in [-0.05, 0) is 6.92 Å². The Kier molecular flexibility index (Phi) is 1.82. The van der Waals surface area contributed by atoms with Crippen molar-refractivity contribution in [3.8, 4) is 0 Å². The first kappa shape index (κ1) is 7.73.